The molecule has 0 saturated heterocycles. The smallest absolute Gasteiger partial charge is 0.245 e. The number of nitrogens with one attached hydrogen (secondary N) is 3. The van der Waals surface area contributed by atoms with Crippen LogP contribution in [0.15, 0.2) is 42.5 Å². The van der Waals surface area contributed by atoms with Gasteiger partial charge in [-0.15, -0.1) is 0 Å². The van der Waals surface area contributed by atoms with Crippen LogP contribution in [0.1, 0.15) is 19.4 Å². The molecule has 9 heteroatoms. The predicted octanol–water partition coefficient (Wildman–Crippen LogP) is 3.82. The minimum Gasteiger partial charge on any atom is -0.497 e. The van der Waals surface area contributed by atoms with Gasteiger partial charge in [-0.3, -0.25) is 4.79 Å². The number of amides is 1. The van der Waals surface area contributed by atoms with E-state index in [0.29, 0.717) is 22.4 Å². The number of ether oxygens (including phenoxy) is 4. The van der Waals surface area contributed by atoms with E-state index in [1.54, 1.807) is 39.5 Å². The van der Waals surface area contributed by atoms with Gasteiger partial charge in [0.15, 0.2) is 16.6 Å². The predicted molar refractivity (Wildman–Crippen MR) is 134 cm³/mol. The van der Waals surface area contributed by atoms with Crippen molar-refractivity contribution in [3.63, 3.8) is 0 Å². The van der Waals surface area contributed by atoms with Gasteiger partial charge in [0.25, 0.3) is 0 Å². The molecule has 33 heavy (non-hydrogen) atoms. The molecule has 0 bridgehead atoms. The van der Waals surface area contributed by atoms with Gasteiger partial charge in [0.2, 0.25) is 11.7 Å². The average Bonchev–Trinajstić information content (AvgIpc) is 2.81. The zero-order valence-electron chi connectivity index (χ0n) is 19.7. The lowest BCUT2D eigenvalue weighted by Crippen LogP contribution is -2.51. The first-order valence-corrected chi connectivity index (χ1v) is 10.7. The Hall–Kier alpha value is -3.46. The maximum absolute atomic E-state index is 12.6. The Balaban J connectivity index is 2.03. The maximum Gasteiger partial charge on any atom is 0.245 e. The quantitative estimate of drug-likeness (QED) is 0.273. The molecule has 0 aromatic heterocycles. The zero-order chi connectivity index (χ0) is 24.4. The molecule has 1 amide bonds. The molecule has 0 heterocycles. The van der Waals surface area contributed by atoms with Gasteiger partial charge in [-0.2, -0.15) is 0 Å². The SMILES string of the molecule is COc1ccc(NC(=S)NC(NC(=O)C=Cc2cc(OC)c(OC)c(OC)c2)C(C)C)cc1. The number of anilines is 1. The van der Waals surface area contributed by atoms with Crippen LogP contribution in [0.2, 0.25) is 0 Å². The van der Waals surface area contributed by atoms with Crippen LogP contribution in [0.25, 0.3) is 6.08 Å². The van der Waals surface area contributed by atoms with Gasteiger partial charge < -0.3 is 34.9 Å². The molecule has 0 aliphatic rings. The fourth-order valence-corrected chi connectivity index (χ4v) is 3.17. The average molecular weight is 474 g/mol. The van der Waals surface area contributed by atoms with Crippen molar-refractivity contribution in [1.82, 2.24) is 10.6 Å². The Bertz CT molecular complexity index is 952. The standard InChI is InChI=1S/C24H31N3O5S/c1-15(2)23(27-24(33)25-17-8-10-18(29-3)11-9-17)26-21(28)12-7-16-13-19(30-4)22(32-6)20(14-16)31-5/h7-15,23H,1-6H3,(H,26,28)(H2,25,27,33). The Kier molecular flexibility index (Phi) is 9.81. The van der Waals surface area contributed by atoms with Crippen molar-refractivity contribution in [2.45, 2.75) is 20.0 Å². The first-order valence-electron chi connectivity index (χ1n) is 10.3. The number of benzene rings is 2. The van der Waals surface area contributed by atoms with E-state index in [0.717, 1.165) is 17.0 Å². The first kappa shape index (κ1) is 25.8. The van der Waals surface area contributed by atoms with Crippen molar-refractivity contribution in [1.29, 1.82) is 0 Å². The highest BCUT2D eigenvalue weighted by Crippen LogP contribution is 2.38. The highest BCUT2D eigenvalue weighted by Gasteiger charge is 2.17. The number of thiocarbonyl (C=S) groups is 1. The van der Waals surface area contributed by atoms with Crippen LogP contribution in [-0.4, -0.2) is 45.6 Å². The highest BCUT2D eigenvalue weighted by atomic mass is 32.1. The molecular formula is C24H31N3O5S. The monoisotopic (exact) mass is 473 g/mol. The normalized spacial score (nSPS) is 11.6. The Morgan fingerprint density at radius 1 is 0.909 bits per heavy atom. The molecule has 2 rings (SSSR count). The third-order valence-electron chi connectivity index (χ3n) is 4.71. The van der Waals surface area contributed by atoms with E-state index in [1.807, 2.05) is 38.1 Å². The molecule has 0 radical (unpaired) electrons. The summed E-state index contributed by atoms with van der Waals surface area (Å²) in [4.78, 5) is 12.6. The summed E-state index contributed by atoms with van der Waals surface area (Å²) in [6.07, 6.45) is 2.74. The second-order valence-electron chi connectivity index (χ2n) is 7.35. The van der Waals surface area contributed by atoms with Gasteiger partial charge in [0.05, 0.1) is 28.4 Å². The fraction of sp³-hybridized carbons (Fsp3) is 0.333. The van der Waals surface area contributed by atoms with E-state index in [1.165, 1.54) is 13.2 Å². The highest BCUT2D eigenvalue weighted by molar-refractivity contribution is 7.80. The second-order valence-corrected chi connectivity index (χ2v) is 7.76. The number of rotatable bonds is 10. The van der Waals surface area contributed by atoms with Crippen molar-refractivity contribution >= 4 is 35.0 Å². The summed E-state index contributed by atoms with van der Waals surface area (Å²) in [6.45, 7) is 3.97. The molecule has 1 unspecified atom stereocenters. The van der Waals surface area contributed by atoms with Gasteiger partial charge in [-0.1, -0.05) is 13.8 Å². The Labute approximate surface area is 200 Å². The van der Waals surface area contributed by atoms with E-state index >= 15 is 0 Å². The van der Waals surface area contributed by atoms with Gasteiger partial charge in [0.1, 0.15) is 11.9 Å². The van der Waals surface area contributed by atoms with Crippen molar-refractivity contribution in [2.24, 2.45) is 5.92 Å². The topological polar surface area (TPSA) is 90.1 Å². The number of carbonyl (C=O) groups excluding carboxylic acids is 1. The van der Waals surface area contributed by atoms with Crippen LogP contribution >= 0.6 is 12.2 Å². The summed E-state index contributed by atoms with van der Waals surface area (Å²) in [7, 11) is 6.23. The number of methoxy groups -OCH3 is 4. The molecule has 178 valence electrons. The molecule has 8 nitrogen and oxygen atoms in total. The van der Waals surface area contributed by atoms with Gasteiger partial charge >= 0.3 is 0 Å². The van der Waals surface area contributed by atoms with Crippen LogP contribution in [-0.2, 0) is 4.79 Å². The summed E-state index contributed by atoms with van der Waals surface area (Å²) >= 11 is 5.40. The largest absolute Gasteiger partial charge is 0.497 e. The van der Waals surface area contributed by atoms with E-state index in [2.05, 4.69) is 16.0 Å². The number of hydrogen-bond donors (Lipinski definition) is 3. The number of carbonyl (C=O) groups is 1. The molecule has 0 saturated carbocycles. The Morgan fingerprint density at radius 2 is 1.52 bits per heavy atom. The Morgan fingerprint density at radius 3 is 2.00 bits per heavy atom. The van der Waals surface area contributed by atoms with Crippen LogP contribution in [0.4, 0.5) is 5.69 Å². The van der Waals surface area contributed by atoms with Crippen LogP contribution in [0, 0.1) is 5.92 Å². The minimum absolute atomic E-state index is 0.0825. The van der Waals surface area contributed by atoms with Crippen LogP contribution in [0.5, 0.6) is 23.0 Å². The summed E-state index contributed by atoms with van der Waals surface area (Å²) in [5.41, 5.74) is 1.54. The van der Waals surface area contributed by atoms with E-state index < -0.39 is 0 Å². The fourth-order valence-electron chi connectivity index (χ4n) is 2.92. The van der Waals surface area contributed by atoms with Crippen LogP contribution in [0.3, 0.4) is 0 Å². The zero-order valence-corrected chi connectivity index (χ0v) is 20.5. The molecule has 0 fully saturated rings. The summed E-state index contributed by atoms with van der Waals surface area (Å²) in [5.74, 6) is 2.07. The van der Waals surface area contributed by atoms with Crippen molar-refractivity contribution < 1.29 is 23.7 Å². The molecule has 0 spiro atoms. The third-order valence-corrected chi connectivity index (χ3v) is 4.93. The molecule has 0 aliphatic carbocycles. The number of hydrogen-bond acceptors (Lipinski definition) is 6. The summed E-state index contributed by atoms with van der Waals surface area (Å²) < 4.78 is 21.2. The first-order chi connectivity index (χ1) is 15.8. The summed E-state index contributed by atoms with van der Waals surface area (Å²) in [6, 6.07) is 10.9. The molecule has 2 aromatic carbocycles. The van der Waals surface area contributed by atoms with Gasteiger partial charge in [0, 0.05) is 11.8 Å². The van der Waals surface area contributed by atoms with Crippen molar-refractivity contribution in [2.75, 3.05) is 33.8 Å². The van der Waals surface area contributed by atoms with Crippen LogP contribution < -0.4 is 34.9 Å². The third kappa shape index (κ3) is 7.57. The van der Waals surface area contributed by atoms with Gasteiger partial charge in [-0.05, 0) is 66.2 Å². The molecule has 1 atom stereocenters. The van der Waals surface area contributed by atoms with E-state index in [4.69, 9.17) is 31.2 Å². The lowest BCUT2D eigenvalue weighted by atomic mass is 10.1. The summed E-state index contributed by atoms with van der Waals surface area (Å²) in [5, 5.41) is 9.57. The minimum atomic E-state index is -0.375. The van der Waals surface area contributed by atoms with E-state index in [-0.39, 0.29) is 18.0 Å². The molecule has 2 aromatic rings. The lowest BCUT2D eigenvalue weighted by Gasteiger charge is -2.25. The van der Waals surface area contributed by atoms with E-state index in [9.17, 15) is 4.79 Å². The molecule has 0 aliphatic heterocycles. The van der Waals surface area contributed by atoms with Crippen molar-refractivity contribution in [3.05, 3.63) is 48.0 Å². The van der Waals surface area contributed by atoms with Gasteiger partial charge in [-0.25, -0.2) is 0 Å². The molecule has 3 N–H and O–H groups in total. The lowest BCUT2D eigenvalue weighted by molar-refractivity contribution is -0.117. The maximum atomic E-state index is 12.6. The van der Waals surface area contributed by atoms with Crippen molar-refractivity contribution in [3.8, 4) is 23.0 Å². The second kappa shape index (κ2) is 12.5. The molecular weight excluding hydrogens is 442 g/mol.